The minimum atomic E-state index is 0.0324. The Labute approximate surface area is 54.5 Å². The molecule has 0 aliphatic carbocycles. The first-order chi connectivity index (χ1) is 3.31. The average molecular weight is 161 g/mol. The van der Waals surface area contributed by atoms with E-state index in [9.17, 15) is 0 Å². The van der Waals surface area contributed by atoms with Crippen molar-refractivity contribution >= 4 is 19.0 Å². The summed E-state index contributed by atoms with van der Waals surface area (Å²) < 4.78 is 9.97. The molecule has 0 aromatic heterocycles. The molecule has 0 N–H and O–H groups in total. The van der Waals surface area contributed by atoms with Gasteiger partial charge in [-0.2, -0.15) is 0 Å². The zero-order chi connectivity index (χ0) is 5.70. The summed E-state index contributed by atoms with van der Waals surface area (Å²) in [5, 5.41) is 0. The maximum absolute atomic E-state index is 5.02. The first-order valence-electron chi connectivity index (χ1n) is 2.45. The monoisotopic (exact) mass is 160 g/mol. The van der Waals surface area contributed by atoms with Gasteiger partial charge < -0.3 is 0 Å². The van der Waals surface area contributed by atoms with Crippen molar-refractivity contribution in [1.29, 1.82) is 0 Å². The molecule has 0 aromatic carbocycles. The van der Waals surface area contributed by atoms with Crippen LogP contribution in [0.4, 0.5) is 0 Å². The molecule has 0 aromatic rings. The number of hydrogen-bond donors (Lipinski definition) is 0. The zero-order valence-corrected chi connectivity index (χ0v) is 9.30. The van der Waals surface area contributed by atoms with Crippen LogP contribution in [0.15, 0.2) is 0 Å². The van der Waals surface area contributed by atoms with Crippen LogP contribution in [0.25, 0.3) is 0 Å². The molecule has 0 heterocycles. The molecule has 0 aliphatic heterocycles. The van der Waals surface area contributed by atoms with Gasteiger partial charge in [-0.3, -0.25) is 0 Å². The van der Waals surface area contributed by atoms with E-state index in [1.165, 1.54) is 0 Å². The summed E-state index contributed by atoms with van der Waals surface area (Å²) in [4.78, 5) is 0. The van der Waals surface area contributed by atoms with Crippen molar-refractivity contribution in [3.63, 3.8) is 0 Å². The molecule has 3 heteroatoms. The van der Waals surface area contributed by atoms with E-state index in [0.29, 0.717) is 19.0 Å². The average Bonchev–Trinajstić information content (AvgIpc) is 1.68. The Hall–Kier alpha value is 0.556. The van der Waals surface area contributed by atoms with Gasteiger partial charge in [0, 0.05) is 0 Å². The van der Waals surface area contributed by atoms with Gasteiger partial charge in [0.2, 0.25) is 0 Å². The molecule has 2 nitrogen and oxygen atoms in total. The predicted octanol–water partition coefficient (Wildman–Crippen LogP) is -0.0664. The van der Waals surface area contributed by atoms with Crippen LogP contribution in [-0.2, 0) is 8.27 Å². The van der Waals surface area contributed by atoms with Crippen LogP contribution in [0, 0.1) is 0 Å². The second-order valence-corrected chi connectivity index (χ2v) is 2.25. The molecule has 0 saturated heterocycles. The Morgan fingerprint density at radius 2 is 2.29 bits per heavy atom. The Morgan fingerprint density at radius 3 is 2.43 bits per heavy atom. The molecule has 0 bridgehead atoms. The first-order valence-corrected chi connectivity index (χ1v) is 4.17. The van der Waals surface area contributed by atoms with E-state index >= 15 is 0 Å². The molecular formula is C4H11GaO2. The van der Waals surface area contributed by atoms with Crippen LogP contribution in [-0.4, -0.2) is 31.9 Å². The van der Waals surface area contributed by atoms with Gasteiger partial charge in [0.1, 0.15) is 0 Å². The third-order valence-electron chi connectivity index (χ3n) is 0.733. The van der Waals surface area contributed by atoms with E-state index < -0.39 is 0 Å². The van der Waals surface area contributed by atoms with Gasteiger partial charge in [0.05, 0.1) is 0 Å². The van der Waals surface area contributed by atoms with E-state index in [0.717, 1.165) is 6.61 Å². The number of rotatable bonds is 3. The Balaban J connectivity index is 2.83. The molecule has 42 valence electrons. The van der Waals surface area contributed by atoms with Crippen molar-refractivity contribution in [3.8, 4) is 0 Å². The Morgan fingerprint density at radius 1 is 1.71 bits per heavy atom. The summed E-state index contributed by atoms with van der Waals surface area (Å²) in [5.41, 5.74) is 0. The fraction of sp³-hybridized carbons (Fsp3) is 1.00. The quantitative estimate of drug-likeness (QED) is 0.426. The van der Waals surface area contributed by atoms with Crippen LogP contribution in [0.3, 0.4) is 0 Å². The Kier molecular flexibility index (Phi) is 5.08. The normalized spacial score (nSPS) is 14.0. The van der Waals surface area contributed by atoms with Crippen molar-refractivity contribution in [3.05, 3.63) is 0 Å². The Bertz CT molecular complexity index is 40.7. The maximum atomic E-state index is 5.02. The van der Waals surface area contributed by atoms with Crippen LogP contribution in [0.2, 0.25) is 0 Å². The van der Waals surface area contributed by atoms with E-state index in [2.05, 4.69) is 0 Å². The zero-order valence-electron chi connectivity index (χ0n) is 5.10. The van der Waals surface area contributed by atoms with E-state index in [1.807, 2.05) is 13.8 Å². The van der Waals surface area contributed by atoms with Gasteiger partial charge in [-0.15, -0.1) is 0 Å². The van der Waals surface area contributed by atoms with Gasteiger partial charge >= 0.3 is 54.0 Å². The number of hydrogen-bond acceptors (Lipinski definition) is 2. The molecule has 0 saturated carbocycles. The molecule has 0 radical (unpaired) electrons. The topological polar surface area (TPSA) is 18.5 Å². The summed E-state index contributed by atoms with van der Waals surface area (Å²) in [6.45, 7) is 4.62. The van der Waals surface area contributed by atoms with E-state index in [4.69, 9.17) is 8.27 Å². The van der Waals surface area contributed by atoms with E-state index in [-0.39, 0.29) is 6.29 Å². The van der Waals surface area contributed by atoms with Gasteiger partial charge in [0.25, 0.3) is 0 Å². The van der Waals surface area contributed by atoms with Crippen LogP contribution < -0.4 is 0 Å². The van der Waals surface area contributed by atoms with Gasteiger partial charge in [-0.1, -0.05) is 0 Å². The number of ether oxygens (including phenoxy) is 1. The summed E-state index contributed by atoms with van der Waals surface area (Å²) in [5.74, 6) is 0. The van der Waals surface area contributed by atoms with Gasteiger partial charge in [-0.25, -0.2) is 0 Å². The molecule has 1 unspecified atom stereocenters. The van der Waals surface area contributed by atoms with Gasteiger partial charge in [-0.05, 0) is 0 Å². The molecule has 1 atom stereocenters. The second kappa shape index (κ2) is 4.71. The first kappa shape index (κ1) is 7.56. The minimum absolute atomic E-state index is 0.0324. The fourth-order valence-electron chi connectivity index (χ4n) is 0.303. The molecule has 0 amide bonds. The van der Waals surface area contributed by atoms with Crippen LogP contribution in [0.1, 0.15) is 13.8 Å². The fourth-order valence-corrected chi connectivity index (χ4v) is 0.588. The summed E-state index contributed by atoms with van der Waals surface area (Å²) in [6.07, 6.45) is 0.0324. The SMILES string of the molecule is CCOC(C)[O][GaH2]. The summed E-state index contributed by atoms with van der Waals surface area (Å²) in [6, 6.07) is 0. The molecule has 7 heavy (non-hydrogen) atoms. The molecular weight excluding hydrogens is 150 g/mol. The predicted molar refractivity (Wildman–Crippen MR) is 30.7 cm³/mol. The standard InChI is InChI=1S/C4H9O2.Ga.2H/c1-3-6-4(2)5;;;/h4H,3H2,1-2H3;;;/q-1;+1;;. The molecule has 0 spiro atoms. The third kappa shape index (κ3) is 4.41. The molecule has 0 aliphatic rings. The van der Waals surface area contributed by atoms with Crippen LogP contribution in [0.5, 0.6) is 0 Å². The van der Waals surface area contributed by atoms with Crippen molar-refractivity contribution in [2.75, 3.05) is 6.61 Å². The van der Waals surface area contributed by atoms with Crippen molar-refractivity contribution in [2.24, 2.45) is 0 Å². The summed E-state index contributed by atoms with van der Waals surface area (Å²) in [7, 11) is 0. The molecule has 0 rings (SSSR count). The second-order valence-electron chi connectivity index (χ2n) is 1.26. The third-order valence-corrected chi connectivity index (χ3v) is 2.13. The summed E-state index contributed by atoms with van der Waals surface area (Å²) >= 11 is 0.460. The van der Waals surface area contributed by atoms with Crippen molar-refractivity contribution < 1.29 is 8.27 Å². The van der Waals surface area contributed by atoms with Crippen molar-refractivity contribution in [2.45, 2.75) is 20.1 Å². The van der Waals surface area contributed by atoms with E-state index in [1.54, 1.807) is 0 Å². The molecule has 0 fully saturated rings. The van der Waals surface area contributed by atoms with Crippen molar-refractivity contribution in [1.82, 2.24) is 0 Å². The van der Waals surface area contributed by atoms with Crippen LogP contribution >= 0.6 is 0 Å². The van der Waals surface area contributed by atoms with Gasteiger partial charge in [0.15, 0.2) is 0 Å².